The van der Waals surface area contributed by atoms with Gasteiger partial charge in [0.05, 0.1) is 0 Å². The van der Waals surface area contributed by atoms with Gasteiger partial charge in [-0.1, -0.05) is 12.1 Å². The number of nitrogens with one attached hydrogen (secondary N) is 1. The van der Waals surface area contributed by atoms with Crippen molar-refractivity contribution in [1.29, 1.82) is 0 Å². The van der Waals surface area contributed by atoms with Crippen LogP contribution in [0.25, 0.3) is 0 Å². The van der Waals surface area contributed by atoms with Crippen LogP contribution < -0.4 is 15.8 Å². The Kier molecular flexibility index (Phi) is 4.72. The molecule has 7 heteroatoms. The van der Waals surface area contributed by atoms with Gasteiger partial charge in [-0.25, -0.2) is 0 Å². The van der Waals surface area contributed by atoms with Gasteiger partial charge in [0.2, 0.25) is 0 Å². The summed E-state index contributed by atoms with van der Waals surface area (Å²) in [6.45, 7) is -1.80. The third-order valence-corrected chi connectivity index (χ3v) is 3.36. The molecular weight excluding hydrogens is 285 g/mol. The molecule has 0 radical (unpaired) electrons. The zero-order valence-electron chi connectivity index (χ0n) is 11.4. The molecule has 1 aromatic rings. The molecule has 0 aliphatic heterocycles. The molecule has 0 spiro atoms. The van der Waals surface area contributed by atoms with E-state index in [2.05, 4.69) is 0 Å². The van der Waals surface area contributed by atoms with Crippen LogP contribution in [0.15, 0.2) is 18.2 Å². The highest BCUT2D eigenvalue weighted by molar-refractivity contribution is 5.77. The third-order valence-electron chi connectivity index (χ3n) is 3.36. The van der Waals surface area contributed by atoms with Crippen LogP contribution in [-0.2, 0) is 11.2 Å². The molecule has 1 aromatic carbocycles. The molecule has 21 heavy (non-hydrogen) atoms. The third kappa shape index (κ3) is 4.35. The highest BCUT2D eigenvalue weighted by Gasteiger charge is 2.27. The fraction of sp³-hybridized carbons (Fsp3) is 0.500. The zero-order valence-corrected chi connectivity index (χ0v) is 11.4. The molecule has 0 aromatic heterocycles. The minimum Gasteiger partial charge on any atom is -0.483 e. The van der Waals surface area contributed by atoms with Gasteiger partial charge in [-0.15, -0.1) is 0 Å². The summed E-state index contributed by atoms with van der Waals surface area (Å²) in [5.74, 6) is -0.283. The quantitative estimate of drug-likeness (QED) is 0.895. The van der Waals surface area contributed by atoms with E-state index in [0.29, 0.717) is 5.75 Å². The highest BCUT2D eigenvalue weighted by Crippen LogP contribution is 2.33. The Morgan fingerprint density at radius 1 is 1.43 bits per heavy atom. The van der Waals surface area contributed by atoms with Gasteiger partial charge >= 0.3 is 6.18 Å². The molecule has 0 saturated carbocycles. The van der Waals surface area contributed by atoms with Crippen molar-refractivity contribution in [1.82, 2.24) is 5.32 Å². The van der Waals surface area contributed by atoms with Gasteiger partial charge < -0.3 is 15.8 Å². The molecule has 1 aliphatic carbocycles. The number of amides is 1. The number of nitrogens with two attached hydrogens (primary N) is 1. The molecule has 116 valence electrons. The Hall–Kier alpha value is -1.76. The van der Waals surface area contributed by atoms with Crippen molar-refractivity contribution in [3.63, 3.8) is 0 Å². The van der Waals surface area contributed by atoms with Gasteiger partial charge in [0.1, 0.15) is 12.3 Å². The second-order valence-electron chi connectivity index (χ2n) is 5.00. The number of benzene rings is 1. The fourth-order valence-corrected chi connectivity index (χ4v) is 2.38. The van der Waals surface area contributed by atoms with Crippen molar-refractivity contribution >= 4 is 5.91 Å². The van der Waals surface area contributed by atoms with Crippen LogP contribution in [0.3, 0.4) is 0 Å². The van der Waals surface area contributed by atoms with Crippen molar-refractivity contribution in [3.05, 3.63) is 29.3 Å². The van der Waals surface area contributed by atoms with E-state index in [-0.39, 0.29) is 6.04 Å². The lowest BCUT2D eigenvalue weighted by atomic mass is 9.88. The van der Waals surface area contributed by atoms with E-state index in [1.54, 1.807) is 17.4 Å². The lowest BCUT2D eigenvalue weighted by Crippen LogP contribution is -2.36. The molecule has 4 nitrogen and oxygen atoms in total. The first-order valence-electron chi connectivity index (χ1n) is 6.70. The molecule has 0 fully saturated rings. The lowest BCUT2D eigenvalue weighted by molar-refractivity contribution is -0.139. The van der Waals surface area contributed by atoms with Crippen molar-refractivity contribution in [2.75, 3.05) is 13.2 Å². The van der Waals surface area contributed by atoms with Crippen LogP contribution in [0.5, 0.6) is 5.75 Å². The molecule has 0 bridgehead atoms. The maximum Gasteiger partial charge on any atom is 0.405 e. The van der Waals surface area contributed by atoms with Gasteiger partial charge in [-0.3, -0.25) is 4.79 Å². The summed E-state index contributed by atoms with van der Waals surface area (Å²) in [6.07, 6.45) is -1.81. The Bertz CT molecular complexity index is 517. The average molecular weight is 302 g/mol. The van der Waals surface area contributed by atoms with Crippen LogP contribution in [0.1, 0.15) is 30.0 Å². The number of hydrogen-bond acceptors (Lipinski definition) is 3. The fourth-order valence-electron chi connectivity index (χ4n) is 2.38. The molecule has 1 aliphatic rings. The minimum absolute atomic E-state index is 0.0589. The maximum absolute atomic E-state index is 12.0. The number of carbonyl (C=O) groups is 1. The number of fused-ring (bicyclic) bond motifs is 1. The highest BCUT2D eigenvalue weighted by atomic mass is 19.4. The topological polar surface area (TPSA) is 64.3 Å². The van der Waals surface area contributed by atoms with Crippen LogP contribution >= 0.6 is 0 Å². The summed E-state index contributed by atoms with van der Waals surface area (Å²) in [5.41, 5.74) is 7.93. The van der Waals surface area contributed by atoms with Crippen molar-refractivity contribution < 1.29 is 22.7 Å². The van der Waals surface area contributed by atoms with E-state index in [4.69, 9.17) is 10.5 Å². The van der Waals surface area contributed by atoms with E-state index in [9.17, 15) is 18.0 Å². The average Bonchev–Trinajstić information content (AvgIpc) is 2.42. The Balaban J connectivity index is 1.95. The Labute approximate surface area is 120 Å². The second-order valence-corrected chi connectivity index (χ2v) is 5.00. The molecule has 1 amide bonds. The van der Waals surface area contributed by atoms with Gasteiger partial charge in [0.15, 0.2) is 6.61 Å². The molecular formula is C14H17F3N2O2. The molecule has 2 rings (SSSR count). The van der Waals surface area contributed by atoms with E-state index in [0.717, 1.165) is 30.4 Å². The SMILES string of the molecule is NC1CCCc2c(OCC(=O)NCC(F)(F)F)cccc21. The van der Waals surface area contributed by atoms with Crippen LogP contribution in [-0.4, -0.2) is 25.2 Å². The van der Waals surface area contributed by atoms with Crippen LogP contribution in [0.2, 0.25) is 0 Å². The summed E-state index contributed by atoms with van der Waals surface area (Å²) in [4.78, 5) is 11.3. The van der Waals surface area contributed by atoms with Gasteiger partial charge in [0.25, 0.3) is 5.91 Å². The standard InChI is InChI=1S/C14H17F3N2O2/c15-14(16,17)8-19-13(20)7-21-12-6-2-3-9-10(12)4-1-5-11(9)18/h2-3,6,11H,1,4-5,7-8,18H2,(H,19,20). The van der Waals surface area contributed by atoms with Crippen molar-refractivity contribution in [3.8, 4) is 5.75 Å². The first-order valence-corrected chi connectivity index (χ1v) is 6.70. The zero-order chi connectivity index (χ0) is 15.5. The molecule has 1 unspecified atom stereocenters. The van der Waals surface area contributed by atoms with E-state index in [1.807, 2.05) is 6.07 Å². The number of hydrogen-bond donors (Lipinski definition) is 2. The first-order chi connectivity index (χ1) is 9.87. The Morgan fingerprint density at radius 2 is 2.19 bits per heavy atom. The largest absolute Gasteiger partial charge is 0.483 e. The minimum atomic E-state index is -4.42. The lowest BCUT2D eigenvalue weighted by Gasteiger charge is -2.24. The first kappa shape index (κ1) is 15.6. The maximum atomic E-state index is 12.0. The second kappa shape index (κ2) is 6.34. The summed E-state index contributed by atoms with van der Waals surface area (Å²) in [6, 6.07) is 5.33. The van der Waals surface area contributed by atoms with Gasteiger partial charge in [-0.2, -0.15) is 13.2 Å². The summed E-state index contributed by atoms with van der Waals surface area (Å²) in [7, 11) is 0. The van der Waals surface area contributed by atoms with E-state index in [1.165, 1.54) is 0 Å². The predicted molar refractivity (Wildman–Crippen MR) is 70.9 cm³/mol. The smallest absolute Gasteiger partial charge is 0.405 e. The normalized spacial score (nSPS) is 18.0. The molecule has 1 atom stereocenters. The summed E-state index contributed by atoms with van der Waals surface area (Å²) in [5, 5.41) is 1.77. The monoisotopic (exact) mass is 302 g/mol. The Morgan fingerprint density at radius 3 is 2.90 bits per heavy atom. The van der Waals surface area contributed by atoms with Crippen LogP contribution in [0.4, 0.5) is 13.2 Å². The molecule has 0 heterocycles. The summed E-state index contributed by atoms with van der Waals surface area (Å²) < 4.78 is 41.3. The van der Waals surface area contributed by atoms with Crippen LogP contribution in [0, 0.1) is 0 Å². The van der Waals surface area contributed by atoms with E-state index >= 15 is 0 Å². The number of ether oxygens (including phenoxy) is 1. The van der Waals surface area contributed by atoms with Gasteiger partial charge in [-0.05, 0) is 36.5 Å². The number of alkyl halides is 3. The molecule has 3 N–H and O–H groups in total. The summed E-state index contributed by atoms with van der Waals surface area (Å²) >= 11 is 0. The van der Waals surface area contributed by atoms with Crippen molar-refractivity contribution in [2.24, 2.45) is 5.73 Å². The number of rotatable bonds is 4. The number of carbonyl (C=O) groups excluding carboxylic acids is 1. The predicted octanol–water partition coefficient (Wildman–Crippen LogP) is 2.08. The van der Waals surface area contributed by atoms with Crippen molar-refractivity contribution in [2.45, 2.75) is 31.5 Å². The number of halogens is 3. The van der Waals surface area contributed by atoms with E-state index < -0.39 is 25.2 Å². The molecule has 0 saturated heterocycles. The van der Waals surface area contributed by atoms with Gasteiger partial charge in [0, 0.05) is 6.04 Å².